The Kier molecular flexibility index (Phi) is 1.56. The molecule has 2 aliphatic heterocycles. The molecule has 0 spiro atoms. The molecule has 3 rings (SSSR count). The SMILES string of the molecule is NC1(C2(N3CCCC3)COC2)CC1. The van der Waals surface area contributed by atoms with Crippen molar-refractivity contribution >= 4 is 0 Å². The lowest BCUT2D eigenvalue weighted by molar-refractivity contribution is -0.151. The second-order valence-corrected chi connectivity index (χ2v) is 4.87. The molecular formula is C10H18N2O. The molecule has 2 saturated heterocycles. The highest BCUT2D eigenvalue weighted by molar-refractivity contribution is 5.22. The number of ether oxygens (including phenoxy) is 1. The van der Waals surface area contributed by atoms with Gasteiger partial charge in [0, 0.05) is 5.54 Å². The molecule has 2 heterocycles. The number of likely N-dealkylation sites (tertiary alicyclic amines) is 1. The average Bonchev–Trinajstić information content (AvgIpc) is 2.61. The number of hydrogen-bond acceptors (Lipinski definition) is 3. The van der Waals surface area contributed by atoms with E-state index in [-0.39, 0.29) is 11.1 Å². The highest BCUT2D eigenvalue weighted by atomic mass is 16.5. The van der Waals surface area contributed by atoms with Gasteiger partial charge in [0.2, 0.25) is 0 Å². The predicted molar refractivity (Wildman–Crippen MR) is 50.5 cm³/mol. The summed E-state index contributed by atoms with van der Waals surface area (Å²) in [6.07, 6.45) is 5.09. The quantitative estimate of drug-likeness (QED) is 0.669. The van der Waals surface area contributed by atoms with Crippen LogP contribution in [-0.2, 0) is 4.74 Å². The standard InChI is InChI=1S/C10H18N2O/c11-9(3-4-9)10(7-13-8-10)12-5-1-2-6-12/h1-8,11H2. The molecule has 0 bridgehead atoms. The van der Waals surface area contributed by atoms with E-state index in [1.54, 1.807) is 0 Å². The van der Waals surface area contributed by atoms with Crippen LogP contribution in [0.4, 0.5) is 0 Å². The summed E-state index contributed by atoms with van der Waals surface area (Å²) >= 11 is 0. The van der Waals surface area contributed by atoms with E-state index in [2.05, 4.69) is 4.90 Å². The van der Waals surface area contributed by atoms with Crippen LogP contribution in [0.25, 0.3) is 0 Å². The van der Waals surface area contributed by atoms with Crippen molar-refractivity contribution in [3.63, 3.8) is 0 Å². The van der Waals surface area contributed by atoms with E-state index in [0.29, 0.717) is 0 Å². The molecule has 1 saturated carbocycles. The van der Waals surface area contributed by atoms with Crippen molar-refractivity contribution in [1.29, 1.82) is 0 Å². The molecule has 0 atom stereocenters. The van der Waals surface area contributed by atoms with Crippen LogP contribution in [0, 0.1) is 0 Å². The minimum Gasteiger partial charge on any atom is -0.377 e. The Morgan fingerprint density at radius 3 is 2.08 bits per heavy atom. The van der Waals surface area contributed by atoms with Gasteiger partial charge in [-0.25, -0.2) is 0 Å². The molecular weight excluding hydrogens is 164 g/mol. The van der Waals surface area contributed by atoms with Gasteiger partial charge in [0.05, 0.1) is 18.8 Å². The van der Waals surface area contributed by atoms with E-state index in [4.69, 9.17) is 10.5 Å². The fourth-order valence-electron chi connectivity index (χ4n) is 2.83. The Balaban J connectivity index is 1.83. The van der Waals surface area contributed by atoms with Gasteiger partial charge in [-0.15, -0.1) is 0 Å². The van der Waals surface area contributed by atoms with Crippen LogP contribution in [0.3, 0.4) is 0 Å². The van der Waals surface area contributed by atoms with Gasteiger partial charge < -0.3 is 10.5 Å². The van der Waals surface area contributed by atoms with Crippen molar-refractivity contribution in [1.82, 2.24) is 4.90 Å². The molecule has 0 aromatic heterocycles. The monoisotopic (exact) mass is 182 g/mol. The number of rotatable bonds is 2. The van der Waals surface area contributed by atoms with Crippen LogP contribution >= 0.6 is 0 Å². The fourth-order valence-corrected chi connectivity index (χ4v) is 2.83. The normalized spacial score (nSPS) is 35.8. The smallest absolute Gasteiger partial charge is 0.0860 e. The summed E-state index contributed by atoms with van der Waals surface area (Å²) in [5.74, 6) is 0. The Morgan fingerprint density at radius 1 is 1.08 bits per heavy atom. The highest BCUT2D eigenvalue weighted by Crippen LogP contribution is 2.50. The molecule has 2 N–H and O–H groups in total. The molecule has 3 heteroatoms. The third-order valence-corrected chi connectivity index (χ3v) is 4.11. The van der Waals surface area contributed by atoms with Gasteiger partial charge in [0.1, 0.15) is 0 Å². The van der Waals surface area contributed by atoms with E-state index in [1.807, 2.05) is 0 Å². The lowest BCUT2D eigenvalue weighted by Gasteiger charge is -2.52. The summed E-state index contributed by atoms with van der Waals surface area (Å²) in [6, 6.07) is 0. The van der Waals surface area contributed by atoms with Crippen LogP contribution in [0.2, 0.25) is 0 Å². The van der Waals surface area contributed by atoms with Gasteiger partial charge in [0.25, 0.3) is 0 Å². The van der Waals surface area contributed by atoms with Crippen molar-refractivity contribution in [2.24, 2.45) is 5.73 Å². The van der Waals surface area contributed by atoms with Gasteiger partial charge in [-0.1, -0.05) is 0 Å². The van der Waals surface area contributed by atoms with Crippen molar-refractivity contribution in [2.75, 3.05) is 26.3 Å². The molecule has 0 aromatic rings. The molecule has 13 heavy (non-hydrogen) atoms. The van der Waals surface area contributed by atoms with Crippen LogP contribution in [0.1, 0.15) is 25.7 Å². The van der Waals surface area contributed by atoms with Crippen LogP contribution < -0.4 is 5.73 Å². The van der Waals surface area contributed by atoms with Crippen molar-refractivity contribution in [2.45, 2.75) is 36.8 Å². The van der Waals surface area contributed by atoms with Crippen molar-refractivity contribution < 1.29 is 4.74 Å². The predicted octanol–water partition coefficient (Wildman–Crippen LogP) is 0.342. The average molecular weight is 182 g/mol. The summed E-state index contributed by atoms with van der Waals surface area (Å²) in [6.45, 7) is 4.23. The number of nitrogens with two attached hydrogens (primary N) is 1. The number of nitrogens with zero attached hydrogens (tertiary/aromatic N) is 1. The van der Waals surface area contributed by atoms with Gasteiger partial charge in [-0.3, -0.25) is 4.90 Å². The van der Waals surface area contributed by atoms with E-state index in [1.165, 1.54) is 38.8 Å². The van der Waals surface area contributed by atoms with E-state index in [9.17, 15) is 0 Å². The lowest BCUT2D eigenvalue weighted by Crippen LogP contribution is -2.72. The number of hydrogen-bond donors (Lipinski definition) is 1. The summed E-state index contributed by atoms with van der Waals surface area (Å²) in [5.41, 5.74) is 6.69. The third-order valence-electron chi connectivity index (χ3n) is 4.11. The Morgan fingerprint density at radius 2 is 1.69 bits per heavy atom. The van der Waals surface area contributed by atoms with E-state index in [0.717, 1.165) is 13.2 Å². The Hall–Kier alpha value is -0.120. The Bertz CT molecular complexity index is 215. The first-order valence-electron chi connectivity index (χ1n) is 5.39. The minimum atomic E-state index is 0.107. The fraction of sp³-hybridized carbons (Fsp3) is 1.00. The second kappa shape index (κ2) is 2.47. The van der Waals surface area contributed by atoms with Crippen molar-refractivity contribution in [3.05, 3.63) is 0 Å². The molecule has 1 aliphatic carbocycles. The molecule has 0 amide bonds. The molecule has 74 valence electrons. The Labute approximate surface area is 79.2 Å². The molecule has 0 unspecified atom stereocenters. The maximum atomic E-state index is 6.35. The molecule has 0 radical (unpaired) electrons. The minimum absolute atomic E-state index is 0.107. The first-order chi connectivity index (χ1) is 6.27. The van der Waals surface area contributed by atoms with Gasteiger partial charge in [-0.05, 0) is 38.8 Å². The molecule has 3 fully saturated rings. The van der Waals surface area contributed by atoms with Crippen LogP contribution in [-0.4, -0.2) is 42.3 Å². The first-order valence-corrected chi connectivity index (χ1v) is 5.39. The first kappa shape index (κ1) is 8.21. The maximum absolute atomic E-state index is 6.35. The second-order valence-electron chi connectivity index (χ2n) is 4.87. The zero-order valence-corrected chi connectivity index (χ0v) is 8.09. The zero-order valence-electron chi connectivity index (χ0n) is 8.09. The highest BCUT2D eigenvalue weighted by Gasteiger charge is 2.63. The maximum Gasteiger partial charge on any atom is 0.0860 e. The largest absolute Gasteiger partial charge is 0.377 e. The summed E-state index contributed by atoms with van der Waals surface area (Å²) in [7, 11) is 0. The summed E-state index contributed by atoms with van der Waals surface area (Å²) in [5, 5.41) is 0. The van der Waals surface area contributed by atoms with Crippen molar-refractivity contribution in [3.8, 4) is 0 Å². The molecule has 3 nitrogen and oxygen atoms in total. The summed E-state index contributed by atoms with van der Waals surface area (Å²) in [4.78, 5) is 2.59. The van der Waals surface area contributed by atoms with Crippen LogP contribution in [0.5, 0.6) is 0 Å². The topological polar surface area (TPSA) is 38.5 Å². The zero-order chi connectivity index (χ0) is 8.94. The molecule has 0 aromatic carbocycles. The van der Waals surface area contributed by atoms with E-state index < -0.39 is 0 Å². The summed E-state index contributed by atoms with van der Waals surface area (Å²) < 4.78 is 5.40. The molecule has 3 aliphatic rings. The van der Waals surface area contributed by atoms with Gasteiger partial charge in [-0.2, -0.15) is 0 Å². The van der Waals surface area contributed by atoms with Gasteiger partial charge >= 0.3 is 0 Å². The van der Waals surface area contributed by atoms with E-state index >= 15 is 0 Å². The third kappa shape index (κ3) is 0.953. The lowest BCUT2D eigenvalue weighted by atomic mass is 9.84. The van der Waals surface area contributed by atoms with Crippen LogP contribution in [0.15, 0.2) is 0 Å². The van der Waals surface area contributed by atoms with Gasteiger partial charge in [0.15, 0.2) is 0 Å².